The third-order valence-corrected chi connectivity index (χ3v) is 3.44. The van der Waals surface area contributed by atoms with Gasteiger partial charge in [0.25, 0.3) is 0 Å². The predicted molar refractivity (Wildman–Crippen MR) is 59.3 cm³/mol. The Hall–Kier alpha value is -0.120. The van der Waals surface area contributed by atoms with E-state index in [1.165, 1.54) is 19.4 Å². The maximum absolute atomic E-state index is 5.85. The Morgan fingerprint density at radius 1 is 1.50 bits per heavy atom. The summed E-state index contributed by atoms with van der Waals surface area (Å²) >= 11 is 0. The summed E-state index contributed by atoms with van der Waals surface area (Å²) < 4.78 is 5.13. The Morgan fingerprint density at radius 2 is 2.14 bits per heavy atom. The Balaban J connectivity index is 2.38. The molecule has 0 spiro atoms. The molecule has 14 heavy (non-hydrogen) atoms. The average Bonchev–Trinajstić information content (AvgIpc) is 2.97. The largest absolute Gasteiger partial charge is 0.385 e. The highest BCUT2D eigenvalue weighted by molar-refractivity contribution is 4.88. The van der Waals surface area contributed by atoms with Gasteiger partial charge in [-0.25, -0.2) is 0 Å². The van der Waals surface area contributed by atoms with Crippen LogP contribution >= 0.6 is 0 Å². The second-order valence-corrected chi connectivity index (χ2v) is 4.77. The summed E-state index contributed by atoms with van der Waals surface area (Å²) in [6, 6.07) is 0. The summed E-state index contributed by atoms with van der Waals surface area (Å²) in [6.07, 6.45) is 3.81. The van der Waals surface area contributed by atoms with Crippen LogP contribution in [0.3, 0.4) is 0 Å². The van der Waals surface area contributed by atoms with Crippen molar-refractivity contribution in [3.05, 3.63) is 0 Å². The molecule has 0 heterocycles. The number of nitrogens with zero attached hydrogens (tertiary/aromatic N) is 1. The minimum absolute atomic E-state index is 0.110. The van der Waals surface area contributed by atoms with Gasteiger partial charge in [-0.2, -0.15) is 0 Å². The van der Waals surface area contributed by atoms with E-state index >= 15 is 0 Å². The van der Waals surface area contributed by atoms with Crippen molar-refractivity contribution in [2.24, 2.45) is 11.7 Å². The molecule has 1 aliphatic carbocycles. The number of nitrogens with two attached hydrogens (primary N) is 1. The number of methoxy groups -OCH3 is 1. The molecule has 2 N–H and O–H groups in total. The summed E-state index contributed by atoms with van der Waals surface area (Å²) in [6.45, 7) is 4.92. The van der Waals surface area contributed by atoms with Gasteiger partial charge in [-0.15, -0.1) is 0 Å². The summed E-state index contributed by atoms with van der Waals surface area (Å²) in [5.74, 6) is 0.924. The highest BCUT2D eigenvalue weighted by atomic mass is 16.5. The van der Waals surface area contributed by atoms with E-state index in [9.17, 15) is 0 Å². The zero-order valence-electron chi connectivity index (χ0n) is 9.75. The van der Waals surface area contributed by atoms with E-state index in [4.69, 9.17) is 10.5 Å². The molecule has 0 aromatic rings. The maximum Gasteiger partial charge on any atom is 0.0480 e. The van der Waals surface area contributed by atoms with Gasteiger partial charge in [-0.05, 0) is 39.2 Å². The Morgan fingerprint density at radius 3 is 2.57 bits per heavy atom. The zero-order chi connectivity index (χ0) is 10.6. The van der Waals surface area contributed by atoms with Crippen molar-refractivity contribution in [3.8, 4) is 0 Å². The number of rotatable bonds is 7. The number of hydrogen-bond acceptors (Lipinski definition) is 3. The quantitative estimate of drug-likeness (QED) is 0.668. The number of ether oxygens (including phenoxy) is 1. The maximum atomic E-state index is 5.85. The second kappa shape index (κ2) is 5.10. The summed E-state index contributed by atoms with van der Waals surface area (Å²) in [4.78, 5) is 2.41. The molecule has 0 bridgehead atoms. The van der Waals surface area contributed by atoms with Gasteiger partial charge in [0, 0.05) is 32.3 Å². The molecule has 1 unspecified atom stereocenters. The molecule has 0 aromatic carbocycles. The number of likely N-dealkylation sites (N-methyl/N-ethyl adjacent to an activating group) is 1. The van der Waals surface area contributed by atoms with Crippen LogP contribution in [-0.2, 0) is 4.74 Å². The molecule has 3 nitrogen and oxygen atoms in total. The van der Waals surface area contributed by atoms with Gasteiger partial charge in [-0.3, -0.25) is 4.90 Å². The molecule has 0 radical (unpaired) electrons. The molecule has 0 amide bonds. The first-order valence-corrected chi connectivity index (χ1v) is 5.52. The van der Waals surface area contributed by atoms with E-state index in [-0.39, 0.29) is 5.54 Å². The predicted octanol–water partition coefficient (Wildman–Crippen LogP) is 1.08. The fraction of sp³-hybridized carbons (Fsp3) is 1.00. The topological polar surface area (TPSA) is 38.5 Å². The van der Waals surface area contributed by atoms with E-state index in [0.717, 1.165) is 18.9 Å². The van der Waals surface area contributed by atoms with E-state index in [2.05, 4.69) is 18.9 Å². The van der Waals surface area contributed by atoms with Crippen molar-refractivity contribution in [2.75, 3.05) is 33.9 Å². The summed E-state index contributed by atoms with van der Waals surface area (Å²) in [5, 5.41) is 0. The smallest absolute Gasteiger partial charge is 0.0480 e. The lowest BCUT2D eigenvalue weighted by atomic mass is 9.96. The van der Waals surface area contributed by atoms with Gasteiger partial charge < -0.3 is 10.5 Å². The van der Waals surface area contributed by atoms with Crippen molar-refractivity contribution >= 4 is 0 Å². The van der Waals surface area contributed by atoms with Crippen molar-refractivity contribution < 1.29 is 4.74 Å². The molecule has 1 aliphatic rings. The average molecular weight is 200 g/mol. The molecule has 1 atom stereocenters. The van der Waals surface area contributed by atoms with Gasteiger partial charge >= 0.3 is 0 Å². The standard InChI is InChI=1S/C11H24N2O/c1-11(9-12,6-7-14-3)13(2)8-10-4-5-10/h10H,4-9,12H2,1-3H3. The Bertz CT molecular complexity index is 171. The molecule has 0 aliphatic heterocycles. The normalized spacial score (nSPS) is 21.2. The lowest BCUT2D eigenvalue weighted by Crippen LogP contribution is -2.51. The molecule has 1 saturated carbocycles. The first-order valence-electron chi connectivity index (χ1n) is 5.52. The third kappa shape index (κ3) is 3.23. The highest BCUT2D eigenvalue weighted by Gasteiger charge is 2.32. The second-order valence-electron chi connectivity index (χ2n) is 4.77. The van der Waals surface area contributed by atoms with Gasteiger partial charge in [-0.1, -0.05) is 0 Å². The summed E-state index contributed by atoms with van der Waals surface area (Å²) in [5.41, 5.74) is 5.96. The molecular formula is C11H24N2O. The van der Waals surface area contributed by atoms with Crippen LogP contribution in [0.5, 0.6) is 0 Å². The zero-order valence-corrected chi connectivity index (χ0v) is 9.75. The van der Waals surface area contributed by atoms with Gasteiger partial charge in [0.2, 0.25) is 0 Å². The first-order chi connectivity index (χ1) is 6.62. The molecule has 3 heteroatoms. The van der Waals surface area contributed by atoms with E-state index in [0.29, 0.717) is 6.54 Å². The van der Waals surface area contributed by atoms with Crippen LogP contribution in [0.2, 0.25) is 0 Å². The van der Waals surface area contributed by atoms with Crippen LogP contribution in [0.1, 0.15) is 26.2 Å². The van der Waals surface area contributed by atoms with Crippen molar-refractivity contribution in [3.63, 3.8) is 0 Å². The minimum Gasteiger partial charge on any atom is -0.385 e. The van der Waals surface area contributed by atoms with Crippen LogP contribution in [-0.4, -0.2) is 44.3 Å². The minimum atomic E-state index is 0.110. The molecule has 0 aromatic heterocycles. The van der Waals surface area contributed by atoms with E-state index < -0.39 is 0 Å². The SMILES string of the molecule is COCCC(C)(CN)N(C)CC1CC1. The Kier molecular flexibility index (Phi) is 4.35. The fourth-order valence-corrected chi connectivity index (χ4v) is 1.68. The molecular weight excluding hydrogens is 176 g/mol. The van der Waals surface area contributed by atoms with Crippen LogP contribution in [0.25, 0.3) is 0 Å². The van der Waals surface area contributed by atoms with E-state index in [1.54, 1.807) is 7.11 Å². The lowest BCUT2D eigenvalue weighted by molar-refractivity contribution is 0.0857. The van der Waals surface area contributed by atoms with Crippen molar-refractivity contribution in [2.45, 2.75) is 31.7 Å². The molecule has 84 valence electrons. The fourth-order valence-electron chi connectivity index (χ4n) is 1.68. The third-order valence-electron chi connectivity index (χ3n) is 3.44. The molecule has 0 saturated heterocycles. The van der Waals surface area contributed by atoms with Gasteiger partial charge in [0.1, 0.15) is 0 Å². The van der Waals surface area contributed by atoms with Crippen LogP contribution in [0.15, 0.2) is 0 Å². The molecule has 1 rings (SSSR count). The monoisotopic (exact) mass is 200 g/mol. The van der Waals surface area contributed by atoms with Crippen molar-refractivity contribution in [1.29, 1.82) is 0 Å². The van der Waals surface area contributed by atoms with Crippen LogP contribution in [0, 0.1) is 5.92 Å². The number of hydrogen-bond donors (Lipinski definition) is 1. The lowest BCUT2D eigenvalue weighted by Gasteiger charge is -2.38. The first kappa shape index (κ1) is 12.0. The van der Waals surface area contributed by atoms with Crippen LogP contribution < -0.4 is 5.73 Å². The highest BCUT2D eigenvalue weighted by Crippen LogP contribution is 2.31. The van der Waals surface area contributed by atoms with Gasteiger partial charge in [0.05, 0.1) is 0 Å². The summed E-state index contributed by atoms with van der Waals surface area (Å²) in [7, 11) is 3.93. The van der Waals surface area contributed by atoms with E-state index in [1.807, 2.05) is 0 Å². The van der Waals surface area contributed by atoms with Gasteiger partial charge in [0.15, 0.2) is 0 Å². The van der Waals surface area contributed by atoms with Crippen molar-refractivity contribution in [1.82, 2.24) is 4.90 Å². The Labute approximate surface area is 87.6 Å². The molecule has 1 fully saturated rings. The van der Waals surface area contributed by atoms with Crippen LogP contribution in [0.4, 0.5) is 0 Å².